The quantitative estimate of drug-likeness (QED) is 0.906. The third kappa shape index (κ3) is 3.49. The Labute approximate surface area is 116 Å². The van der Waals surface area contributed by atoms with Crippen molar-refractivity contribution >= 4 is 11.6 Å². The van der Waals surface area contributed by atoms with E-state index in [4.69, 9.17) is 0 Å². The molecule has 1 unspecified atom stereocenters. The van der Waals surface area contributed by atoms with Crippen LogP contribution in [0.25, 0.3) is 0 Å². The van der Waals surface area contributed by atoms with Gasteiger partial charge in [-0.05, 0) is 25.0 Å². The molecule has 0 radical (unpaired) electrons. The van der Waals surface area contributed by atoms with E-state index >= 15 is 0 Å². The number of hydrogen-bond acceptors (Lipinski definition) is 2. The lowest BCUT2D eigenvalue weighted by Gasteiger charge is -2.28. The standard InChI is InChI=1S/C16H24N2O/c1-16(2,3)15(19)17-12-14-10-7-11-18(14)13-8-5-4-6-9-13/h4-6,8-9,14H,7,10-12H2,1-3H3,(H,17,19). The molecule has 1 amide bonds. The molecule has 0 bridgehead atoms. The van der Waals surface area contributed by atoms with Gasteiger partial charge in [0.05, 0.1) is 0 Å². The van der Waals surface area contributed by atoms with Crippen molar-refractivity contribution in [3.8, 4) is 0 Å². The molecule has 2 rings (SSSR count). The second-order valence-electron chi connectivity index (χ2n) is 6.29. The molecule has 1 aliphatic rings. The van der Waals surface area contributed by atoms with Gasteiger partial charge in [-0.3, -0.25) is 4.79 Å². The number of para-hydroxylation sites is 1. The van der Waals surface area contributed by atoms with E-state index in [2.05, 4.69) is 34.5 Å². The van der Waals surface area contributed by atoms with Crippen LogP contribution in [0, 0.1) is 5.41 Å². The first kappa shape index (κ1) is 13.9. The Bertz CT molecular complexity index is 422. The van der Waals surface area contributed by atoms with E-state index in [9.17, 15) is 4.79 Å². The van der Waals surface area contributed by atoms with Crippen LogP contribution in [0.15, 0.2) is 30.3 Å². The number of carbonyl (C=O) groups is 1. The zero-order valence-electron chi connectivity index (χ0n) is 12.1. The van der Waals surface area contributed by atoms with E-state index in [1.54, 1.807) is 0 Å². The zero-order valence-corrected chi connectivity index (χ0v) is 12.1. The Balaban J connectivity index is 1.95. The first-order chi connectivity index (χ1) is 8.98. The maximum absolute atomic E-state index is 11.9. The molecule has 1 heterocycles. The van der Waals surface area contributed by atoms with Crippen LogP contribution >= 0.6 is 0 Å². The highest BCUT2D eigenvalue weighted by Crippen LogP contribution is 2.25. The fourth-order valence-corrected chi connectivity index (χ4v) is 2.48. The van der Waals surface area contributed by atoms with E-state index in [0.29, 0.717) is 6.04 Å². The summed E-state index contributed by atoms with van der Waals surface area (Å²) < 4.78 is 0. The van der Waals surface area contributed by atoms with Crippen LogP contribution in [0.2, 0.25) is 0 Å². The van der Waals surface area contributed by atoms with Crippen molar-refractivity contribution in [3.63, 3.8) is 0 Å². The smallest absolute Gasteiger partial charge is 0.225 e. The first-order valence-electron chi connectivity index (χ1n) is 7.08. The van der Waals surface area contributed by atoms with Crippen molar-refractivity contribution in [1.29, 1.82) is 0 Å². The van der Waals surface area contributed by atoms with Crippen LogP contribution in [0.4, 0.5) is 5.69 Å². The molecule has 0 aromatic heterocycles. The topological polar surface area (TPSA) is 32.3 Å². The summed E-state index contributed by atoms with van der Waals surface area (Å²) in [6.07, 6.45) is 2.35. The van der Waals surface area contributed by atoms with Gasteiger partial charge in [0, 0.05) is 30.2 Å². The minimum Gasteiger partial charge on any atom is -0.367 e. The Morgan fingerprint density at radius 3 is 2.63 bits per heavy atom. The zero-order chi connectivity index (χ0) is 13.9. The molecule has 1 aromatic rings. The molecule has 3 heteroatoms. The van der Waals surface area contributed by atoms with Gasteiger partial charge in [-0.1, -0.05) is 39.0 Å². The lowest BCUT2D eigenvalue weighted by atomic mass is 9.95. The summed E-state index contributed by atoms with van der Waals surface area (Å²) in [5.74, 6) is 0.132. The average Bonchev–Trinajstić information content (AvgIpc) is 2.84. The molecule has 19 heavy (non-hydrogen) atoms. The molecule has 1 aliphatic heterocycles. The maximum Gasteiger partial charge on any atom is 0.225 e. The van der Waals surface area contributed by atoms with E-state index in [1.807, 2.05) is 26.8 Å². The summed E-state index contributed by atoms with van der Waals surface area (Å²) in [6.45, 7) is 7.68. The second-order valence-corrected chi connectivity index (χ2v) is 6.29. The molecule has 0 aliphatic carbocycles. The fraction of sp³-hybridized carbons (Fsp3) is 0.562. The largest absolute Gasteiger partial charge is 0.367 e. The Morgan fingerprint density at radius 2 is 2.00 bits per heavy atom. The highest BCUT2D eigenvalue weighted by atomic mass is 16.2. The molecule has 1 N–H and O–H groups in total. The van der Waals surface area contributed by atoms with Gasteiger partial charge in [0.15, 0.2) is 0 Å². The minimum absolute atomic E-state index is 0.132. The third-order valence-corrected chi connectivity index (χ3v) is 3.64. The fourth-order valence-electron chi connectivity index (χ4n) is 2.48. The number of carbonyl (C=O) groups excluding carboxylic acids is 1. The van der Waals surface area contributed by atoms with Gasteiger partial charge in [0.1, 0.15) is 0 Å². The summed E-state index contributed by atoms with van der Waals surface area (Å²) in [4.78, 5) is 14.3. The van der Waals surface area contributed by atoms with Gasteiger partial charge in [-0.2, -0.15) is 0 Å². The number of rotatable bonds is 3. The van der Waals surface area contributed by atoms with Gasteiger partial charge < -0.3 is 10.2 Å². The molecular weight excluding hydrogens is 236 g/mol. The average molecular weight is 260 g/mol. The lowest BCUT2D eigenvalue weighted by Crippen LogP contribution is -2.43. The van der Waals surface area contributed by atoms with Crippen LogP contribution < -0.4 is 10.2 Å². The Kier molecular flexibility index (Phi) is 4.13. The van der Waals surface area contributed by atoms with Crippen LogP contribution in [0.1, 0.15) is 33.6 Å². The lowest BCUT2D eigenvalue weighted by molar-refractivity contribution is -0.128. The molecule has 3 nitrogen and oxygen atoms in total. The van der Waals surface area contributed by atoms with E-state index < -0.39 is 0 Å². The van der Waals surface area contributed by atoms with Gasteiger partial charge in [0.2, 0.25) is 5.91 Å². The summed E-state index contributed by atoms with van der Waals surface area (Å²) in [6, 6.07) is 10.9. The summed E-state index contributed by atoms with van der Waals surface area (Å²) in [5, 5.41) is 3.08. The van der Waals surface area contributed by atoms with E-state index in [-0.39, 0.29) is 11.3 Å². The molecule has 0 spiro atoms. The Hall–Kier alpha value is -1.51. The minimum atomic E-state index is -0.309. The van der Waals surface area contributed by atoms with E-state index in [0.717, 1.165) is 19.5 Å². The summed E-state index contributed by atoms with van der Waals surface area (Å²) >= 11 is 0. The van der Waals surface area contributed by atoms with Crippen LogP contribution in [-0.4, -0.2) is 25.0 Å². The summed E-state index contributed by atoms with van der Waals surface area (Å²) in [5.41, 5.74) is 0.950. The van der Waals surface area contributed by atoms with Crippen molar-refractivity contribution in [2.24, 2.45) is 5.41 Å². The summed E-state index contributed by atoms with van der Waals surface area (Å²) in [7, 11) is 0. The molecule has 0 saturated carbocycles. The molecule has 1 saturated heterocycles. The van der Waals surface area contributed by atoms with Crippen LogP contribution in [0.3, 0.4) is 0 Å². The van der Waals surface area contributed by atoms with Gasteiger partial charge in [-0.25, -0.2) is 0 Å². The molecule has 1 aromatic carbocycles. The van der Waals surface area contributed by atoms with Gasteiger partial charge in [0.25, 0.3) is 0 Å². The van der Waals surface area contributed by atoms with Crippen molar-refractivity contribution in [2.45, 2.75) is 39.7 Å². The molecule has 1 atom stereocenters. The monoisotopic (exact) mass is 260 g/mol. The number of anilines is 1. The predicted octanol–water partition coefficient (Wildman–Crippen LogP) is 2.82. The van der Waals surface area contributed by atoms with Crippen molar-refractivity contribution in [1.82, 2.24) is 5.32 Å². The predicted molar refractivity (Wildman–Crippen MR) is 79.3 cm³/mol. The third-order valence-electron chi connectivity index (χ3n) is 3.64. The number of hydrogen-bond donors (Lipinski definition) is 1. The molecule has 1 fully saturated rings. The van der Waals surface area contributed by atoms with Gasteiger partial charge in [-0.15, -0.1) is 0 Å². The van der Waals surface area contributed by atoms with Crippen LogP contribution in [-0.2, 0) is 4.79 Å². The van der Waals surface area contributed by atoms with Crippen molar-refractivity contribution < 1.29 is 4.79 Å². The Morgan fingerprint density at radius 1 is 1.32 bits per heavy atom. The highest BCUT2D eigenvalue weighted by Gasteiger charge is 2.27. The maximum atomic E-state index is 11.9. The second kappa shape index (κ2) is 5.64. The molecule has 104 valence electrons. The SMILES string of the molecule is CC(C)(C)C(=O)NCC1CCCN1c1ccccc1. The van der Waals surface area contributed by atoms with Crippen LogP contribution in [0.5, 0.6) is 0 Å². The number of benzene rings is 1. The normalized spacial score (nSPS) is 19.5. The van der Waals surface area contributed by atoms with E-state index in [1.165, 1.54) is 12.1 Å². The number of nitrogens with one attached hydrogen (secondary N) is 1. The first-order valence-corrected chi connectivity index (χ1v) is 7.08. The number of nitrogens with zero attached hydrogens (tertiary/aromatic N) is 1. The van der Waals surface area contributed by atoms with Gasteiger partial charge >= 0.3 is 0 Å². The van der Waals surface area contributed by atoms with Crippen molar-refractivity contribution in [3.05, 3.63) is 30.3 Å². The highest BCUT2D eigenvalue weighted by molar-refractivity contribution is 5.81. The number of amides is 1. The van der Waals surface area contributed by atoms with Crippen molar-refractivity contribution in [2.75, 3.05) is 18.0 Å². The molecular formula is C16H24N2O.